The summed E-state index contributed by atoms with van der Waals surface area (Å²) in [7, 11) is 2.32. The summed E-state index contributed by atoms with van der Waals surface area (Å²) >= 11 is 0. The summed E-state index contributed by atoms with van der Waals surface area (Å²) in [6.07, 6.45) is 1.24. The van der Waals surface area contributed by atoms with E-state index in [1.165, 1.54) is 0 Å². The van der Waals surface area contributed by atoms with Crippen LogP contribution in [0.3, 0.4) is 0 Å². The fourth-order valence-corrected chi connectivity index (χ4v) is 3.62. The van der Waals surface area contributed by atoms with Crippen LogP contribution < -0.4 is 4.67 Å². The first-order valence-corrected chi connectivity index (χ1v) is 9.74. The molecule has 132 valence electrons. The van der Waals surface area contributed by atoms with Crippen molar-refractivity contribution in [3.8, 4) is 0 Å². The standard InChI is InChI=1S/C18H25FNO3P/c1-5-23-18(22)13-7-6-12(10-16(13)21)14-8-11(2)9-15(17(14)19)20(3)24-4/h8-9,12-13,24H,5-7,10H2,1-4H3. The van der Waals surface area contributed by atoms with Crippen molar-refractivity contribution in [1.82, 2.24) is 0 Å². The molecule has 2 rings (SSSR count). The molecule has 0 aliphatic heterocycles. The largest absolute Gasteiger partial charge is 0.465 e. The summed E-state index contributed by atoms with van der Waals surface area (Å²) in [6.45, 7) is 5.93. The molecule has 0 spiro atoms. The molecule has 24 heavy (non-hydrogen) atoms. The number of nitrogens with zero attached hydrogens (tertiary/aromatic N) is 1. The van der Waals surface area contributed by atoms with Crippen LogP contribution in [0.25, 0.3) is 0 Å². The zero-order valence-electron chi connectivity index (χ0n) is 14.7. The molecule has 4 nitrogen and oxygen atoms in total. The van der Waals surface area contributed by atoms with E-state index in [-0.39, 0.29) is 30.5 Å². The monoisotopic (exact) mass is 353 g/mol. The maximum Gasteiger partial charge on any atom is 0.316 e. The SMILES string of the molecule is CCOC(=O)C1CCC(c2cc(C)cc(N(C)PC)c2F)CC1=O. The van der Waals surface area contributed by atoms with Gasteiger partial charge in [-0.05, 0) is 65.2 Å². The molecule has 1 fully saturated rings. The molecule has 3 atom stereocenters. The molecule has 1 aliphatic rings. The van der Waals surface area contributed by atoms with Gasteiger partial charge in [0.1, 0.15) is 17.5 Å². The van der Waals surface area contributed by atoms with Gasteiger partial charge in [-0.1, -0.05) is 6.07 Å². The van der Waals surface area contributed by atoms with Crippen LogP contribution in [0.4, 0.5) is 10.1 Å². The van der Waals surface area contributed by atoms with Gasteiger partial charge in [0.2, 0.25) is 0 Å². The molecule has 0 amide bonds. The van der Waals surface area contributed by atoms with Crippen LogP contribution in [0.1, 0.15) is 43.2 Å². The number of hydrogen-bond donors (Lipinski definition) is 0. The minimum absolute atomic E-state index is 0.141. The maximum absolute atomic E-state index is 14.9. The predicted molar refractivity (Wildman–Crippen MR) is 95.5 cm³/mol. The number of hydrogen-bond acceptors (Lipinski definition) is 4. The smallest absolute Gasteiger partial charge is 0.316 e. The molecule has 6 heteroatoms. The van der Waals surface area contributed by atoms with Gasteiger partial charge in [-0.3, -0.25) is 9.59 Å². The highest BCUT2D eigenvalue weighted by molar-refractivity contribution is 7.39. The third-order valence-electron chi connectivity index (χ3n) is 4.57. The Morgan fingerprint density at radius 3 is 2.71 bits per heavy atom. The second kappa shape index (κ2) is 8.06. The lowest BCUT2D eigenvalue weighted by Gasteiger charge is -2.28. The Hall–Kier alpha value is -1.48. The Bertz CT molecular complexity index is 635. The van der Waals surface area contributed by atoms with E-state index in [1.54, 1.807) is 6.92 Å². The minimum Gasteiger partial charge on any atom is -0.465 e. The van der Waals surface area contributed by atoms with E-state index in [2.05, 4.69) is 0 Å². The quantitative estimate of drug-likeness (QED) is 0.459. The number of halogens is 1. The lowest BCUT2D eigenvalue weighted by Crippen LogP contribution is -2.32. The van der Waals surface area contributed by atoms with E-state index >= 15 is 0 Å². The molecule has 0 aromatic heterocycles. The van der Waals surface area contributed by atoms with Crippen molar-refractivity contribution in [2.45, 2.75) is 39.0 Å². The first kappa shape index (κ1) is 18.9. The van der Waals surface area contributed by atoms with Crippen molar-refractivity contribution in [1.29, 1.82) is 0 Å². The third kappa shape index (κ3) is 3.94. The molecule has 0 radical (unpaired) electrons. The lowest BCUT2D eigenvalue weighted by atomic mass is 9.77. The molecule has 1 aromatic carbocycles. The van der Waals surface area contributed by atoms with Gasteiger partial charge in [0.05, 0.1) is 12.3 Å². The number of anilines is 1. The van der Waals surface area contributed by atoms with Crippen LogP contribution in [0.2, 0.25) is 0 Å². The van der Waals surface area contributed by atoms with Gasteiger partial charge in [0.15, 0.2) is 0 Å². The zero-order chi connectivity index (χ0) is 17.9. The van der Waals surface area contributed by atoms with E-state index in [1.807, 2.05) is 37.4 Å². The second-order valence-electron chi connectivity index (χ2n) is 6.22. The number of esters is 1. The zero-order valence-corrected chi connectivity index (χ0v) is 15.7. The van der Waals surface area contributed by atoms with Crippen LogP contribution >= 0.6 is 8.73 Å². The molecule has 3 unspecified atom stereocenters. The number of Topliss-reactive ketones (excluding diaryl/α,β-unsaturated/α-hetero) is 1. The van der Waals surface area contributed by atoms with Crippen LogP contribution in [0.15, 0.2) is 12.1 Å². The van der Waals surface area contributed by atoms with Gasteiger partial charge in [0.25, 0.3) is 0 Å². The summed E-state index contributed by atoms with van der Waals surface area (Å²) in [6, 6.07) is 3.66. The fourth-order valence-electron chi connectivity index (χ4n) is 3.21. The second-order valence-corrected chi connectivity index (χ2v) is 7.34. The molecule has 0 bridgehead atoms. The molecule has 0 saturated heterocycles. The van der Waals surface area contributed by atoms with Gasteiger partial charge < -0.3 is 9.41 Å². The van der Waals surface area contributed by atoms with E-state index in [0.29, 0.717) is 32.8 Å². The summed E-state index contributed by atoms with van der Waals surface area (Å²) in [5.41, 5.74) is 2.14. The molecule has 0 N–H and O–H groups in total. The number of ether oxygens (including phenoxy) is 1. The van der Waals surface area contributed by atoms with Crippen molar-refractivity contribution >= 4 is 26.2 Å². The van der Waals surface area contributed by atoms with E-state index < -0.39 is 11.9 Å². The highest BCUT2D eigenvalue weighted by atomic mass is 31.1. The molecule has 1 aliphatic carbocycles. The maximum atomic E-state index is 14.9. The van der Waals surface area contributed by atoms with Crippen molar-refractivity contribution < 1.29 is 18.7 Å². The summed E-state index contributed by atoms with van der Waals surface area (Å²) in [4.78, 5) is 24.2. The molecule has 1 aromatic rings. The summed E-state index contributed by atoms with van der Waals surface area (Å²) in [5, 5.41) is 0. The van der Waals surface area contributed by atoms with Crippen molar-refractivity contribution in [2.75, 3.05) is 25.0 Å². The first-order chi connectivity index (χ1) is 11.4. The van der Waals surface area contributed by atoms with Crippen molar-refractivity contribution in [2.24, 2.45) is 5.92 Å². The Morgan fingerprint density at radius 1 is 1.42 bits per heavy atom. The molecular formula is C18H25FNO3P. The number of rotatable bonds is 5. The average molecular weight is 353 g/mol. The van der Waals surface area contributed by atoms with Crippen LogP contribution in [0, 0.1) is 18.7 Å². The summed E-state index contributed by atoms with van der Waals surface area (Å²) in [5.74, 6) is -1.69. The highest BCUT2D eigenvalue weighted by Crippen LogP contribution is 2.39. The molecule has 0 heterocycles. The van der Waals surface area contributed by atoms with E-state index in [4.69, 9.17) is 4.74 Å². The number of carbonyl (C=O) groups is 2. The molecular weight excluding hydrogens is 328 g/mol. The first-order valence-electron chi connectivity index (χ1n) is 8.29. The topological polar surface area (TPSA) is 46.6 Å². The highest BCUT2D eigenvalue weighted by Gasteiger charge is 2.36. The number of aryl methyl sites for hydroxylation is 1. The fraction of sp³-hybridized carbons (Fsp3) is 0.556. The Kier molecular flexibility index (Phi) is 6.34. The molecule has 1 saturated carbocycles. The minimum atomic E-state index is -0.687. The van der Waals surface area contributed by atoms with Crippen molar-refractivity contribution in [3.05, 3.63) is 29.1 Å². The van der Waals surface area contributed by atoms with Gasteiger partial charge >= 0.3 is 5.97 Å². The Labute approximate surface area is 144 Å². The van der Waals surface area contributed by atoms with Crippen LogP contribution in [-0.4, -0.2) is 32.1 Å². The Balaban J connectivity index is 2.23. The lowest BCUT2D eigenvalue weighted by molar-refractivity contribution is -0.152. The average Bonchev–Trinajstić information content (AvgIpc) is 2.55. The predicted octanol–water partition coefficient (Wildman–Crippen LogP) is 3.81. The number of carbonyl (C=O) groups excluding carboxylic acids is 2. The Morgan fingerprint density at radius 2 is 2.12 bits per heavy atom. The summed E-state index contributed by atoms with van der Waals surface area (Å²) < 4.78 is 21.8. The van der Waals surface area contributed by atoms with Gasteiger partial charge in [-0.25, -0.2) is 4.39 Å². The normalized spacial score (nSPS) is 21.3. The number of benzene rings is 1. The van der Waals surface area contributed by atoms with E-state index in [9.17, 15) is 14.0 Å². The van der Waals surface area contributed by atoms with Crippen LogP contribution in [-0.2, 0) is 14.3 Å². The number of ketones is 1. The van der Waals surface area contributed by atoms with Gasteiger partial charge in [-0.2, -0.15) is 0 Å². The van der Waals surface area contributed by atoms with Crippen molar-refractivity contribution in [3.63, 3.8) is 0 Å². The van der Waals surface area contributed by atoms with E-state index in [0.717, 1.165) is 5.56 Å². The van der Waals surface area contributed by atoms with Gasteiger partial charge in [-0.15, -0.1) is 0 Å². The van der Waals surface area contributed by atoms with Gasteiger partial charge in [0, 0.05) is 13.5 Å². The third-order valence-corrected chi connectivity index (χ3v) is 5.49. The van der Waals surface area contributed by atoms with Crippen LogP contribution in [0.5, 0.6) is 0 Å².